The summed E-state index contributed by atoms with van der Waals surface area (Å²) in [5, 5.41) is 6.11. The van der Waals surface area contributed by atoms with Gasteiger partial charge in [-0.2, -0.15) is 17.5 Å². The van der Waals surface area contributed by atoms with Crippen LogP contribution in [0.5, 0.6) is 0 Å². The number of halogens is 3. The van der Waals surface area contributed by atoms with Gasteiger partial charge in [0.05, 0.1) is 31.0 Å². The molecular weight excluding hydrogens is 716 g/mol. The summed E-state index contributed by atoms with van der Waals surface area (Å²) in [6, 6.07) is 5.19. The Morgan fingerprint density at radius 1 is 1.06 bits per heavy atom. The minimum absolute atomic E-state index is 0.00593. The van der Waals surface area contributed by atoms with Gasteiger partial charge in [-0.25, -0.2) is 23.2 Å². The SMILES string of the molecule is CCNC(=O)Nc1cc(-c2nc(C(F)(F)F)cs2)c(-c2ccc3c(c2)c(=O)c(C(=O)N2CCN(S(C)(=O)=O)CC2)cn3C(COC)COC)cn1. The van der Waals surface area contributed by atoms with Crippen LogP contribution in [0.2, 0.25) is 0 Å². The molecule has 0 radical (unpaired) electrons. The van der Waals surface area contributed by atoms with E-state index >= 15 is 0 Å². The van der Waals surface area contributed by atoms with E-state index in [0.29, 0.717) is 23.2 Å². The third-order valence-corrected chi connectivity index (χ3v) is 10.4. The molecule has 1 fully saturated rings. The average Bonchev–Trinajstić information content (AvgIpc) is 3.59. The Morgan fingerprint density at radius 3 is 2.33 bits per heavy atom. The number of nitrogens with one attached hydrogen (secondary N) is 2. The lowest BCUT2D eigenvalue weighted by Gasteiger charge is -2.33. The van der Waals surface area contributed by atoms with Gasteiger partial charge in [0, 0.05) is 81.2 Å². The van der Waals surface area contributed by atoms with Crippen LogP contribution in [-0.2, 0) is 25.7 Å². The molecule has 0 saturated carbocycles. The monoisotopic (exact) mass is 751 g/mol. The van der Waals surface area contributed by atoms with Gasteiger partial charge in [-0.1, -0.05) is 6.07 Å². The van der Waals surface area contributed by atoms with Gasteiger partial charge < -0.3 is 24.3 Å². The van der Waals surface area contributed by atoms with E-state index in [-0.39, 0.29) is 66.7 Å². The van der Waals surface area contributed by atoms with Crippen LogP contribution in [0.3, 0.4) is 0 Å². The Kier molecular flexibility index (Phi) is 11.4. The van der Waals surface area contributed by atoms with Gasteiger partial charge in [0.25, 0.3) is 5.91 Å². The Labute approximate surface area is 295 Å². The summed E-state index contributed by atoms with van der Waals surface area (Å²) in [4.78, 5) is 49.9. The van der Waals surface area contributed by atoms with Crippen LogP contribution in [0.15, 0.2) is 46.8 Å². The maximum atomic E-state index is 14.2. The fourth-order valence-electron chi connectivity index (χ4n) is 5.74. The van der Waals surface area contributed by atoms with Crippen LogP contribution >= 0.6 is 11.3 Å². The lowest BCUT2D eigenvalue weighted by Crippen LogP contribution is -2.51. The van der Waals surface area contributed by atoms with E-state index in [1.807, 2.05) is 0 Å². The predicted molar refractivity (Wildman–Crippen MR) is 185 cm³/mol. The number of alkyl halides is 3. The molecule has 0 spiro atoms. The molecule has 51 heavy (non-hydrogen) atoms. The predicted octanol–water partition coefficient (Wildman–Crippen LogP) is 3.90. The van der Waals surface area contributed by atoms with Gasteiger partial charge in [0.15, 0.2) is 5.69 Å². The summed E-state index contributed by atoms with van der Waals surface area (Å²) in [6.45, 7) is 2.64. The molecule has 1 aliphatic heterocycles. The molecule has 3 aromatic heterocycles. The number of sulfonamides is 1. The fraction of sp³-hybridized carbons (Fsp3) is 0.406. The number of aromatic nitrogens is 3. The molecule has 19 heteroatoms. The Morgan fingerprint density at radius 2 is 1.75 bits per heavy atom. The van der Waals surface area contributed by atoms with Crippen molar-refractivity contribution in [2.75, 3.05) is 71.7 Å². The molecule has 1 aliphatic rings. The van der Waals surface area contributed by atoms with Crippen LogP contribution in [0.25, 0.3) is 32.6 Å². The molecule has 4 heterocycles. The number of carbonyl (C=O) groups excluding carboxylic acids is 2. The van der Waals surface area contributed by atoms with Gasteiger partial charge in [-0.15, -0.1) is 11.3 Å². The summed E-state index contributed by atoms with van der Waals surface area (Å²) < 4.78 is 78.6. The van der Waals surface area contributed by atoms with Crippen LogP contribution in [-0.4, -0.2) is 111 Å². The van der Waals surface area contributed by atoms with E-state index in [0.717, 1.165) is 23.0 Å². The number of urea groups is 1. The second-order valence-electron chi connectivity index (χ2n) is 11.7. The summed E-state index contributed by atoms with van der Waals surface area (Å²) >= 11 is 0.752. The number of benzene rings is 1. The number of amides is 3. The van der Waals surface area contributed by atoms with Crippen molar-refractivity contribution in [3.05, 3.63) is 63.5 Å². The summed E-state index contributed by atoms with van der Waals surface area (Å²) in [5.41, 5.74) is -0.532. The number of hydrogen-bond donors (Lipinski definition) is 2. The Bertz CT molecular complexity index is 2090. The van der Waals surface area contributed by atoms with Crippen molar-refractivity contribution in [2.45, 2.75) is 19.1 Å². The molecular formula is C32H36F3N7O7S2. The van der Waals surface area contributed by atoms with Crippen molar-refractivity contribution >= 4 is 50.0 Å². The number of anilines is 1. The highest BCUT2D eigenvalue weighted by Crippen LogP contribution is 2.39. The van der Waals surface area contributed by atoms with Crippen molar-refractivity contribution in [3.8, 4) is 21.7 Å². The number of piperazine rings is 1. The van der Waals surface area contributed by atoms with Crippen molar-refractivity contribution in [1.82, 2.24) is 29.1 Å². The third kappa shape index (κ3) is 8.39. The van der Waals surface area contributed by atoms with Gasteiger partial charge >= 0.3 is 12.2 Å². The summed E-state index contributed by atoms with van der Waals surface area (Å²) in [5.74, 6) is -0.536. The lowest BCUT2D eigenvalue weighted by atomic mass is 9.98. The Hall–Kier alpha value is -4.43. The summed E-state index contributed by atoms with van der Waals surface area (Å²) in [7, 11) is -0.465. The molecule has 5 rings (SSSR count). The number of thiazole rings is 1. The first-order chi connectivity index (χ1) is 24.2. The lowest BCUT2D eigenvalue weighted by molar-refractivity contribution is -0.140. The maximum absolute atomic E-state index is 14.2. The molecule has 0 aliphatic carbocycles. The van der Waals surface area contributed by atoms with Crippen LogP contribution in [0.4, 0.5) is 23.8 Å². The highest BCUT2D eigenvalue weighted by atomic mass is 32.2. The zero-order chi connectivity index (χ0) is 37.1. The first-order valence-electron chi connectivity index (χ1n) is 15.7. The number of hydrogen-bond acceptors (Lipinski definition) is 10. The summed E-state index contributed by atoms with van der Waals surface area (Å²) in [6.07, 6.45) is -0.797. The fourth-order valence-corrected chi connectivity index (χ4v) is 7.43. The Balaban J connectivity index is 1.67. The second kappa shape index (κ2) is 15.4. The first-order valence-corrected chi connectivity index (χ1v) is 18.4. The molecule has 1 saturated heterocycles. The molecule has 0 bridgehead atoms. The average molecular weight is 752 g/mol. The number of methoxy groups -OCH3 is 2. The molecule has 2 N–H and O–H groups in total. The number of nitrogens with zero attached hydrogens (tertiary/aromatic N) is 5. The number of carbonyl (C=O) groups is 2. The molecule has 14 nitrogen and oxygen atoms in total. The van der Waals surface area contributed by atoms with Crippen LogP contribution in [0.1, 0.15) is 29.0 Å². The molecule has 1 aromatic carbocycles. The number of rotatable bonds is 11. The van der Waals surface area contributed by atoms with Crippen LogP contribution < -0.4 is 16.1 Å². The maximum Gasteiger partial charge on any atom is 0.434 e. The van der Waals surface area contributed by atoms with E-state index in [9.17, 15) is 36.0 Å². The number of ether oxygens (including phenoxy) is 2. The molecule has 0 unspecified atom stereocenters. The zero-order valence-corrected chi connectivity index (χ0v) is 29.7. The van der Waals surface area contributed by atoms with Crippen molar-refractivity contribution in [1.29, 1.82) is 0 Å². The van der Waals surface area contributed by atoms with E-state index in [4.69, 9.17) is 9.47 Å². The zero-order valence-electron chi connectivity index (χ0n) is 28.1. The van der Waals surface area contributed by atoms with Gasteiger partial charge in [-0.05, 0) is 30.7 Å². The van der Waals surface area contributed by atoms with E-state index < -0.39 is 45.3 Å². The van der Waals surface area contributed by atoms with Gasteiger partial charge in [0.2, 0.25) is 15.5 Å². The number of pyridine rings is 2. The van der Waals surface area contributed by atoms with Crippen LogP contribution in [0, 0.1) is 0 Å². The van der Waals surface area contributed by atoms with Crippen molar-refractivity contribution < 1.29 is 40.7 Å². The van der Waals surface area contributed by atoms with E-state index in [1.54, 1.807) is 23.6 Å². The van der Waals surface area contributed by atoms with Gasteiger partial charge in [0.1, 0.15) is 16.4 Å². The van der Waals surface area contributed by atoms with E-state index in [2.05, 4.69) is 20.6 Å². The quantitative estimate of drug-likeness (QED) is 0.231. The molecule has 0 atom stereocenters. The molecule has 4 aromatic rings. The minimum atomic E-state index is -4.70. The highest BCUT2D eigenvalue weighted by Gasteiger charge is 2.34. The van der Waals surface area contributed by atoms with Gasteiger partial charge in [-0.3, -0.25) is 14.9 Å². The highest BCUT2D eigenvalue weighted by molar-refractivity contribution is 7.88. The topological polar surface area (TPSA) is 165 Å². The standard InChI is InChI=1S/C32H36F3N7O7S2/c1-5-36-31(45)39-27-13-21(29-38-26(18-50-29)32(33,34)35)23(14-37-27)19-6-7-25-22(12-19)28(43)24(15-42(25)20(16-48-2)17-49-3)30(44)40-8-10-41(11-9-40)51(4,46)47/h6-7,12-15,18,20H,5,8-11,16-17H2,1-4H3,(H2,36,37,39,45). The smallest absolute Gasteiger partial charge is 0.382 e. The molecule has 274 valence electrons. The van der Waals surface area contributed by atoms with E-state index in [1.165, 1.54) is 48.0 Å². The van der Waals surface area contributed by atoms with Crippen molar-refractivity contribution in [3.63, 3.8) is 0 Å². The third-order valence-electron chi connectivity index (χ3n) is 8.19. The number of fused-ring (bicyclic) bond motifs is 1. The molecule has 3 amide bonds. The largest absolute Gasteiger partial charge is 0.434 e. The second-order valence-corrected chi connectivity index (χ2v) is 14.5. The van der Waals surface area contributed by atoms with Crippen molar-refractivity contribution in [2.24, 2.45) is 0 Å². The normalized spacial score (nSPS) is 14.3. The minimum Gasteiger partial charge on any atom is -0.382 e. The first kappa shape index (κ1) is 37.8.